The average Bonchev–Trinajstić information content (AvgIpc) is 2.91. The summed E-state index contributed by atoms with van der Waals surface area (Å²) in [7, 11) is 3.75. The van der Waals surface area contributed by atoms with Crippen molar-refractivity contribution in [1.29, 1.82) is 0 Å². The van der Waals surface area contributed by atoms with Crippen molar-refractivity contribution in [3.05, 3.63) is 18.2 Å². The normalized spacial score (nSPS) is 18.7. The molecule has 1 aromatic heterocycles. The first kappa shape index (κ1) is 13.9. The molecule has 1 fully saturated rings. The second kappa shape index (κ2) is 5.73. The van der Waals surface area contributed by atoms with Crippen molar-refractivity contribution in [3.8, 4) is 0 Å². The molecule has 1 atom stereocenters. The van der Waals surface area contributed by atoms with E-state index in [1.807, 2.05) is 37.2 Å². The van der Waals surface area contributed by atoms with Gasteiger partial charge in [0.05, 0.1) is 6.04 Å². The molecule has 2 aromatic rings. The van der Waals surface area contributed by atoms with E-state index in [1.54, 1.807) is 0 Å². The van der Waals surface area contributed by atoms with E-state index >= 15 is 0 Å². The zero-order valence-corrected chi connectivity index (χ0v) is 12.3. The van der Waals surface area contributed by atoms with Gasteiger partial charge < -0.3 is 20.0 Å². The Morgan fingerprint density at radius 1 is 1.43 bits per heavy atom. The van der Waals surface area contributed by atoms with Crippen LogP contribution in [0.15, 0.2) is 22.6 Å². The first-order chi connectivity index (χ1) is 10.1. The fourth-order valence-corrected chi connectivity index (χ4v) is 2.49. The monoisotopic (exact) mass is 288 g/mol. The highest BCUT2D eigenvalue weighted by molar-refractivity contribution is 5.96. The molecule has 0 radical (unpaired) electrons. The molecule has 0 spiro atoms. The van der Waals surface area contributed by atoms with Crippen molar-refractivity contribution in [2.24, 2.45) is 0 Å². The third kappa shape index (κ3) is 3.00. The smallest absolute Gasteiger partial charge is 0.297 e. The minimum Gasteiger partial charge on any atom is -0.423 e. The number of carbonyl (C=O) groups is 1. The molecule has 0 saturated carbocycles. The molecule has 2 heterocycles. The number of anilines is 2. The lowest BCUT2D eigenvalue weighted by molar-refractivity contribution is -0.118. The van der Waals surface area contributed by atoms with E-state index in [-0.39, 0.29) is 11.9 Å². The van der Waals surface area contributed by atoms with E-state index in [2.05, 4.69) is 15.6 Å². The van der Waals surface area contributed by atoms with Gasteiger partial charge in [0.15, 0.2) is 5.58 Å². The summed E-state index contributed by atoms with van der Waals surface area (Å²) < 4.78 is 5.60. The largest absolute Gasteiger partial charge is 0.423 e. The Balaban J connectivity index is 1.75. The van der Waals surface area contributed by atoms with Crippen LogP contribution < -0.4 is 15.5 Å². The molecule has 1 aliphatic rings. The van der Waals surface area contributed by atoms with Gasteiger partial charge in [-0.15, -0.1) is 0 Å². The molecular weight excluding hydrogens is 268 g/mol. The van der Waals surface area contributed by atoms with Crippen molar-refractivity contribution >= 4 is 28.7 Å². The van der Waals surface area contributed by atoms with E-state index in [1.165, 1.54) is 0 Å². The van der Waals surface area contributed by atoms with Gasteiger partial charge in [-0.05, 0) is 37.6 Å². The van der Waals surface area contributed by atoms with Crippen LogP contribution in [0.1, 0.15) is 19.3 Å². The second-order valence-corrected chi connectivity index (χ2v) is 5.57. The molecule has 6 nitrogen and oxygen atoms in total. The Morgan fingerprint density at radius 2 is 2.29 bits per heavy atom. The third-order valence-corrected chi connectivity index (χ3v) is 3.65. The minimum absolute atomic E-state index is 0.0189. The predicted molar refractivity (Wildman–Crippen MR) is 82.6 cm³/mol. The lowest BCUT2D eigenvalue weighted by atomic mass is 10.0. The number of fused-ring (bicyclic) bond motifs is 1. The van der Waals surface area contributed by atoms with Crippen LogP contribution in [-0.2, 0) is 4.79 Å². The number of amides is 1. The lowest BCUT2D eigenvalue weighted by Crippen LogP contribution is -2.43. The third-order valence-electron chi connectivity index (χ3n) is 3.65. The van der Waals surface area contributed by atoms with Crippen molar-refractivity contribution in [1.82, 2.24) is 10.3 Å². The lowest BCUT2D eigenvalue weighted by Gasteiger charge is -2.22. The van der Waals surface area contributed by atoms with Gasteiger partial charge in [0.2, 0.25) is 5.91 Å². The maximum atomic E-state index is 12.2. The van der Waals surface area contributed by atoms with Crippen LogP contribution in [0.5, 0.6) is 0 Å². The fraction of sp³-hybridized carbons (Fsp3) is 0.467. The molecule has 6 heteroatoms. The standard InChI is InChI=1S/C15H20N4O2/c1-19(2)15-18-12-9-10(6-7-13(12)21-15)17-14(20)11-5-3-4-8-16-11/h6-7,9,11,16H,3-5,8H2,1-2H3,(H,17,20)/t11-/m1/s1. The number of benzene rings is 1. The van der Waals surface area contributed by atoms with E-state index < -0.39 is 0 Å². The molecule has 1 aliphatic heterocycles. The fourth-order valence-electron chi connectivity index (χ4n) is 2.49. The van der Waals surface area contributed by atoms with Gasteiger partial charge >= 0.3 is 0 Å². The Hall–Kier alpha value is -2.08. The summed E-state index contributed by atoms with van der Waals surface area (Å²) in [6, 6.07) is 5.98. The van der Waals surface area contributed by atoms with Gasteiger partial charge in [-0.25, -0.2) is 0 Å². The van der Waals surface area contributed by atoms with Crippen LogP contribution >= 0.6 is 0 Å². The Morgan fingerprint density at radius 3 is 3.00 bits per heavy atom. The number of oxazole rings is 1. The van der Waals surface area contributed by atoms with Crippen LogP contribution in [-0.4, -0.2) is 37.6 Å². The molecule has 1 saturated heterocycles. The van der Waals surface area contributed by atoms with Crippen LogP contribution in [0.2, 0.25) is 0 Å². The predicted octanol–water partition coefficient (Wildman–Crippen LogP) is 1.97. The van der Waals surface area contributed by atoms with Crippen molar-refractivity contribution < 1.29 is 9.21 Å². The number of piperidine rings is 1. The maximum Gasteiger partial charge on any atom is 0.297 e. The van der Waals surface area contributed by atoms with E-state index in [4.69, 9.17) is 4.42 Å². The van der Waals surface area contributed by atoms with Gasteiger partial charge in [-0.3, -0.25) is 4.79 Å². The molecule has 112 valence electrons. The topological polar surface area (TPSA) is 70.4 Å². The molecule has 0 aliphatic carbocycles. The van der Waals surface area contributed by atoms with E-state index in [0.29, 0.717) is 11.6 Å². The first-order valence-electron chi connectivity index (χ1n) is 7.25. The summed E-state index contributed by atoms with van der Waals surface area (Å²) in [5.41, 5.74) is 2.21. The van der Waals surface area contributed by atoms with Crippen LogP contribution in [0.3, 0.4) is 0 Å². The van der Waals surface area contributed by atoms with Gasteiger partial charge in [0, 0.05) is 19.8 Å². The maximum absolute atomic E-state index is 12.2. The molecule has 0 unspecified atom stereocenters. The first-order valence-corrected chi connectivity index (χ1v) is 7.25. The van der Waals surface area contributed by atoms with Crippen LogP contribution in [0.25, 0.3) is 11.1 Å². The summed E-state index contributed by atoms with van der Waals surface area (Å²) in [5, 5.41) is 6.19. The SMILES string of the molecule is CN(C)c1nc2cc(NC(=O)[C@H]3CCCCN3)ccc2o1. The number of hydrogen-bond donors (Lipinski definition) is 2. The molecule has 21 heavy (non-hydrogen) atoms. The summed E-state index contributed by atoms with van der Waals surface area (Å²) in [4.78, 5) is 18.4. The number of hydrogen-bond acceptors (Lipinski definition) is 5. The Labute approximate surface area is 123 Å². The number of aromatic nitrogens is 1. The number of nitrogens with one attached hydrogen (secondary N) is 2. The van der Waals surface area contributed by atoms with Crippen LogP contribution in [0, 0.1) is 0 Å². The van der Waals surface area contributed by atoms with Crippen molar-refractivity contribution in [2.45, 2.75) is 25.3 Å². The van der Waals surface area contributed by atoms with Crippen molar-refractivity contribution in [2.75, 3.05) is 30.9 Å². The van der Waals surface area contributed by atoms with E-state index in [0.717, 1.165) is 37.0 Å². The van der Waals surface area contributed by atoms with Crippen LogP contribution in [0.4, 0.5) is 11.7 Å². The number of rotatable bonds is 3. The van der Waals surface area contributed by atoms with E-state index in [9.17, 15) is 4.79 Å². The highest BCUT2D eigenvalue weighted by Crippen LogP contribution is 2.23. The Bertz CT molecular complexity index is 644. The summed E-state index contributed by atoms with van der Waals surface area (Å²) in [6.07, 6.45) is 3.13. The highest BCUT2D eigenvalue weighted by Gasteiger charge is 2.20. The highest BCUT2D eigenvalue weighted by atomic mass is 16.4. The molecule has 1 aromatic carbocycles. The summed E-state index contributed by atoms with van der Waals surface area (Å²) >= 11 is 0. The summed E-state index contributed by atoms with van der Waals surface area (Å²) in [5.74, 6) is 0.0189. The van der Waals surface area contributed by atoms with Gasteiger partial charge in [0.25, 0.3) is 6.01 Å². The minimum atomic E-state index is -0.0934. The molecular formula is C15H20N4O2. The number of carbonyl (C=O) groups excluding carboxylic acids is 1. The van der Waals surface area contributed by atoms with Crippen molar-refractivity contribution in [3.63, 3.8) is 0 Å². The molecule has 2 N–H and O–H groups in total. The average molecular weight is 288 g/mol. The Kier molecular flexibility index (Phi) is 3.79. The zero-order chi connectivity index (χ0) is 14.8. The quantitative estimate of drug-likeness (QED) is 0.903. The summed E-state index contributed by atoms with van der Waals surface area (Å²) in [6.45, 7) is 0.909. The van der Waals surface area contributed by atoms with Gasteiger partial charge in [0.1, 0.15) is 5.52 Å². The molecule has 3 rings (SSSR count). The molecule has 1 amide bonds. The zero-order valence-electron chi connectivity index (χ0n) is 12.3. The number of nitrogens with zero attached hydrogens (tertiary/aromatic N) is 2. The second-order valence-electron chi connectivity index (χ2n) is 5.57. The molecule has 0 bridgehead atoms. The van der Waals surface area contributed by atoms with Gasteiger partial charge in [-0.1, -0.05) is 6.42 Å². The van der Waals surface area contributed by atoms with Gasteiger partial charge in [-0.2, -0.15) is 4.98 Å².